The second-order valence-electron chi connectivity index (χ2n) is 12.7. The molecule has 5 unspecified atom stereocenters. The number of hydrogen-bond acceptors (Lipinski definition) is 3. The van der Waals surface area contributed by atoms with Gasteiger partial charge in [-0.2, -0.15) is 0 Å². The third kappa shape index (κ3) is 4.41. The summed E-state index contributed by atoms with van der Waals surface area (Å²) in [6.45, 7) is 4.69. The van der Waals surface area contributed by atoms with Crippen LogP contribution in [-0.4, -0.2) is 16.1 Å². The fourth-order valence-electron chi connectivity index (χ4n) is 7.76. The van der Waals surface area contributed by atoms with Crippen LogP contribution in [0.3, 0.4) is 0 Å². The molecule has 43 heavy (non-hydrogen) atoms. The lowest BCUT2D eigenvalue weighted by Gasteiger charge is -2.37. The van der Waals surface area contributed by atoms with Crippen molar-refractivity contribution in [1.29, 1.82) is 0 Å². The average molecular weight is 561 g/mol. The van der Waals surface area contributed by atoms with Crippen molar-refractivity contribution in [2.75, 3.05) is 0 Å². The summed E-state index contributed by atoms with van der Waals surface area (Å²) in [6, 6.07) is 29.5. The molecule has 1 aliphatic heterocycles. The standard InChI is InChI=1S/C40H36N2O/c1-26-32(20-21-34-37(26)38(27-12-5-3-6-13-27)42-39(41-34)28-14-7-4-8-15-28)31-17-11-16-29(24-31)30-22-23-40(2)33-18-9-10-19-35(33)43-36(40)25-30/h3-16,18-19,22-26,31-32,36H,17,20-21H2,1-2H3. The van der Waals surface area contributed by atoms with Gasteiger partial charge in [0.25, 0.3) is 0 Å². The monoisotopic (exact) mass is 560 g/mol. The summed E-state index contributed by atoms with van der Waals surface area (Å²) in [6.07, 6.45) is 17.4. The van der Waals surface area contributed by atoms with Gasteiger partial charge in [-0.15, -0.1) is 0 Å². The first-order valence-electron chi connectivity index (χ1n) is 15.7. The number of hydrogen-bond donors (Lipinski definition) is 0. The van der Waals surface area contributed by atoms with Gasteiger partial charge < -0.3 is 4.74 Å². The molecule has 3 aromatic carbocycles. The van der Waals surface area contributed by atoms with Crippen LogP contribution >= 0.6 is 0 Å². The first-order valence-corrected chi connectivity index (χ1v) is 15.7. The van der Waals surface area contributed by atoms with Crippen LogP contribution in [0.4, 0.5) is 0 Å². The van der Waals surface area contributed by atoms with Crippen LogP contribution in [0.25, 0.3) is 22.6 Å². The van der Waals surface area contributed by atoms with Crippen molar-refractivity contribution in [1.82, 2.24) is 9.97 Å². The van der Waals surface area contributed by atoms with Gasteiger partial charge in [0, 0.05) is 27.9 Å². The fourth-order valence-corrected chi connectivity index (χ4v) is 7.76. The van der Waals surface area contributed by atoms with Crippen molar-refractivity contribution in [3.8, 4) is 28.4 Å². The van der Waals surface area contributed by atoms with Gasteiger partial charge in [0.2, 0.25) is 0 Å². The van der Waals surface area contributed by atoms with Gasteiger partial charge in [0.05, 0.1) is 11.1 Å². The second-order valence-corrected chi connectivity index (χ2v) is 12.7. The molecule has 0 radical (unpaired) electrons. The minimum absolute atomic E-state index is 0.0180. The lowest BCUT2D eigenvalue weighted by molar-refractivity contribution is 0.227. The molecule has 3 nitrogen and oxygen atoms in total. The van der Waals surface area contributed by atoms with E-state index in [1.165, 1.54) is 33.5 Å². The number of nitrogens with zero attached hydrogens (tertiary/aromatic N) is 2. The maximum atomic E-state index is 6.44. The van der Waals surface area contributed by atoms with Crippen LogP contribution in [0, 0.1) is 11.8 Å². The summed E-state index contributed by atoms with van der Waals surface area (Å²) >= 11 is 0. The second kappa shape index (κ2) is 10.3. The zero-order valence-electron chi connectivity index (χ0n) is 24.8. The van der Waals surface area contributed by atoms with E-state index in [0.29, 0.717) is 17.8 Å². The number of para-hydroxylation sites is 1. The fraction of sp³-hybridized carbons (Fsp3) is 0.250. The zero-order chi connectivity index (χ0) is 29.0. The van der Waals surface area contributed by atoms with E-state index in [-0.39, 0.29) is 11.5 Å². The van der Waals surface area contributed by atoms with Crippen LogP contribution in [0.2, 0.25) is 0 Å². The molecule has 3 heteroatoms. The van der Waals surface area contributed by atoms with Crippen molar-refractivity contribution in [2.45, 2.75) is 50.5 Å². The number of allylic oxidation sites excluding steroid dienone is 6. The highest BCUT2D eigenvalue weighted by Crippen LogP contribution is 2.49. The summed E-state index contributed by atoms with van der Waals surface area (Å²) in [5.74, 6) is 3.16. The lowest BCUT2D eigenvalue weighted by Crippen LogP contribution is -2.34. The topological polar surface area (TPSA) is 35.0 Å². The molecule has 2 heterocycles. The first kappa shape index (κ1) is 26.2. The largest absolute Gasteiger partial charge is 0.485 e. The lowest BCUT2D eigenvalue weighted by atomic mass is 9.68. The van der Waals surface area contributed by atoms with Gasteiger partial charge in [-0.3, -0.25) is 0 Å². The summed E-state index contributed by atoms with van der Waals surface area (Å²) in [5.41, 5.74) is 9.61. The van der Waals surface area contributed by atoms with E-state index in [4.69, 9.17) is 14.7 Å². The van der Waals surface area contributed by atoms with Gasteiger partial charge in [0.15, 0.2) is 5.82 Å². The Bertz CT molecular complexity index is 1820. The Morgan fingerprint density at radius 1 is 0.791 bits per heavy atom. The molecular formula is C40H36N2O. The molecule has 3 aliphatic carbocycles. The van der Waals surface area contributed by atoms with Crippen molar-refractivity contribution >= 4 is 0 Å². The number of fused-ring (bicyclic) bond motifs is 4. The van der Waals surface area contributed by atoms with Crippen LogP contribution in [0.5, 0.6) is 5.75 Å². The number of ether oxygens (including phenoxy) is 1. The van der Waals surface area contributed by atoms with Gasteiger partial charge in [-0.25, -0.2) is 9.97 Å². The van der Waals surface area contributed by atoms with Crippen LogP contribution in [0.1, 0.15) is 49.4 Å². The average Bonchev–Trinajstić information content (AvgIpc) is 3.37. The molecule has 4 aromatic rings. The van der Waals surface area contributed by atoms with Crippen LogP contribution < -0.4 is 4.74 Å². The molecule has 0 N–H and O–H groups in total. The highest BCUT2D eigenvalue weighted by Gasteiger charge is 2.44. The van der Waals surface area contributed by atoms with Gasteiger partial charge >= 0.3 is 0 Å². The summed E-state index contributed by atoms with van der Waals surface area (Å²) in [7, 11) is 0. The highest BCUT2D eigenvalue weighted by molar-refractivity contribution is 5.69. The first-order chi connectivity index (χ1) is 21.1. The summed E-state index contributed by atoms with van der Waals surface area (Å²) in [4.78, 5) is 10.4. The van der Waals surface area contributed by atoms with E-state index in [0.717, 1.165) is 42.1 Å². The third-order valence-corrected chi connectivity index (χ3v) is 10.2. The Morgan fingerprint density at radius 3 is 2.33 bits per heavy atom. The number of aryl methyl sites for hydroxylation is 1. The van der Waals surface area contributed by atoms with Gasteiger partial charge in [-0.05, 0) is 67.2 Å². The van der Waals surface area contributed by atoms with Crippen molar-refractivity contribution in [3.63, 3.8) is 0 Å². The summed E-state index contributed by atoms with van der Waals surface area (Å²) < 4.78 is 6.44. The third-order valence-electron chi connectivity index (χ3n) is 10.2. The van der Waals surface area contributed by atoms with E-state index in [2.05, 4.69) is 129 Å². The molecule has 0 fully saturated rings. The quantitative estimate of drug-likeness (QED) is 0.250. The Kier molecular flexibility index (Phi) is 6.29. The molecule has 0 bridgehead atoms. The number of rotatable bonds is 4. The predicted octanol–water partition coefficient (Wildman–Crippen LogP) is 9.19. The molecule has 212 valence electrons. The molecule has 5 atom stereocenters. The molecular weight excluding hydrogens is 524 g/mol. The number of aromatic nitrogens is 2. The van der Waals surface area contributed by atoms with E-state index in [1.807, 2.05) is 6.07 Å². The molecule has 1 aromatic heterocycles. The van der Waals surface area contributed by atoms with Crippen molar-refractivity contribution in [3.05, 3.63) is 149 Å². The Labute approximate surface area is 254 Å². The molecule has 0 saturated heterocycles. The Balaban J connectivity index is 1.12. The van der Waals surface area contributed by atoms with Crippen molar-refractivity contribution < 1.29 is 4.74 Å². The molecule has 4 aliphatic rings. The minimum Gasteiger partial charge on any atom is -0.485 e. The Hall–Kier alpha value is -4.50. The molecule has 0 amide bonds. The molecule has 8 rings (SSSR count). The SMILES string of the molecule is CC1c2c(nc(-c3ccccc3)nc2-c2ccccc2)CCC1C1C=C(C2=CC3Oc4ccccc4C3(C)C=C2)C=CC1. The van der Waals surface area contributed by atoms with Crippen LogP contribution in [-0.2, 0) is 11.8 Å². The normalized spacial score (nSPS) is 26.9. The maximum absolute atomic E-state index is 6.44. The zero-order valence-corrected chi connectivity index (χ0v) is 24.8. The Morgan fingerprint density at radius 2 is 1.51 bits per heavy atom. The van der Waals surface area contributed by atoms with Crippen LogP contribution in [0.15, 0.2) is 133 Å². The summed E-state index contributed by atoms with van der Waals surface area (Å²) in [5, 5.41) is 0. The number of benzene rings is 3. The van der Waals surface area contributed by atoms with E-state index >= 15 is 0 Å². The van der Waals surface area contributed by atoms with Gasteiger partial charge in [-0.1, -0.05) is 116 Å². The van der Waals surface area contributed by atoms with Crippen molar-refractivity contribution in [2.24, 2.45) is 11.8 Å². The smallest absolute Gasteiger partial charge is 0.160 e. The molecule has 0 saturated carbocycles. The maximum Gasteiger partial charge on any atom is 0.160 e. The van der Waals surface area contributed by atoms with E-state index in [1.54, 1.807) is 0 Å². The highest BCUT2D eigenvalue weighted by atomic mass is 16.5. The predicted molar refractivity (Wildman–Crippen MR) is 174 cm³/mol. The van der Waals surface area contributed by atoms with E-state index < -0.39 is 0 Å². The molecule has 0 spiro atoms. The van der Waals surface area contributed by atoms with E-state index in [9.17, 15) is 0 Å². The minimum atomic E-state index is -0.119. The van der Waals surface area contributed by atoms with Gasteiger partial charge in [0.1, 0.15) is 11.9 Å².